The summed E-state index contributed by atoms with van der Waals surface area (Å²) in [5.41, 5.74) is 1.22. The van der Waals surface area contributed by atoms with Gasteiger partial charge in [-0.05, 0) is 36.8 Å². The molecule has 0 saturated heterocycles. The molecular formula is C17H16FNO3. The van der Waals surface area contributed by atoms with Gasteiger partial charge in [-0.3, -0.25) is 4.79 Å². The largest absolute Gasteiger partial charge is 0.452 e. The molecule has 4 nitrogen and oxygen atoms in total. The van der Waals surface area contributed by atoms with Crippen LogP contribution in [0.3, 0.4) is 0 Å². The highest BCUT2D eigenvalue weighted by atomic mass is 19.1. The number of anilines is 1. The molecule has 0 saturated carbocycles. The zero-order chi connectivity index (χ0) is 16.1. The van der Waals surface area contributed by atoms with Crippen molar-refractivity contribution in [1.82, 2.24) is 0 Å². The summed E-state index contributed by atoms with van der Waals surface area (Å²) in [4.78, 5) is 25.2. The zero-order valence-electron chi connectivity index (χ0n) is 12.4. The Morgan fingerprint density at radius 3 is 2.45 bits per heavy atom. The fraction of sp³-hybridized carbons (Fsp3) is 0.176. The predicted molar refractivity (Wildman–Crippen MR) is 81.3 cm³/mol. The topological polar surface area (TPSA) is 46.6 Å². The van der Waals surface area contributed by atoms with Crippen LogP contribution >= 0.6 is 0 Å². The van der Waals surface area contributed by atoms with Gasteiger partial charge in [0.1, 0.15) is 5.82 Å². The maximum absolute atomic E-state index is 13.4. The molecule has 0 atom stereocenters. The Balaban J connectivity index is 1.96. The second-order valence-electron chi connectivity index (χ2n) is 4.83. The highest BCUT2D eigenvalue weighted by Gasteiger charge is 2.15. The molecule has 0 aliphatic rings. The van der Waals surface area contributed by atoms with E-state index in [0.717, 1.165) is 6.07 Å². The summed E-state index contributed by atoms with van der Waals surface area (Å²) in [7, 11) is 1.59. The van der Waals surface area contributed by atoms with E-state index >= 15 is 0 Å². The highest BCUT2D eigenvalue weighted by Crippen LogP contribution is 2.12. The Hall–Kier alpha value is -2.69. The Kier molecular flexibility index (Phi) is 4.88. The number of rotatable bonds is 4. The molecule has 2 aromatic rings. The Bertz CT molecular complexity index is 686. The van der Waals surface area contributed by atoms with Gasteiger partial charge in [-0.1, -0.05) is 24.3 Å². The summed E-state index contributed by atoms with van der Waals surface area (Å²) >= 11 is 0. The summed E-state index contributed by atoms with van der Waals surface area (Å²) in [5.74, 6) is -1.58. The van der Waals surface area contributed by atoms with Crippen molar-refractivity contribution in [3.05, 3.63) is 65.5 Å². The van der Waals surface area contributed by atoms with Gasteiger partial charge in [0.25, 0.3) is 5.91 Å². The van der Waals surface area contributed by atoms with Crippen molar-refractivity contribution in [2.75, 3.05) is 18.6 Å². The van der Waals surface area contributed by atoms with Crippen LogP contribution in [0.5, 0.6) is 0 Å². The minimum atomic E-state index is -0.728. The smallest absolute Gasteiger partial charge is 0.338 e. The fourth-order valence-corrected chi connectivity index (χ4v) is 1.82. The van der Waals surface area contributed by atoms with Crippen molar-refractivity contribution in [3.8, 4) is 0 Å². The van der Waals surface area contributed by atoms with Crippen molar-refractivity contribution in [2.24, 2.45) is 0 Å². The van der Waals surface area contributed by atoms with Gasteiger partial charge in [0.15, 0.2) is 6.61 Å². The third-order valence-electron chi connectivity index (χ3n) is 3.25. The molecule has 5 heteroatoms. The van der Waals surface area contributed by atoms with Crippen LogP contribution in [0.4, 0.5) is 10.1 Å². The van der Waals surface area contributed by atoms with E-state index in [0.29, 0.717) is 11.3 Å². The first kappa shape index (κ1) is 15.7. The molecule has 0 heterocycles. The number of hydrogen-bond acceptors (Lipinski definition) is 3. The molecule has 0 aliphatic carbocycles. The molecule has 0 radical (unpaired) electrons. The Morgan fingerprint density at radius 1 is 1.14 bits per heavy atom. The molecule has 0 fully saturated rings. The van der Waals surface area contributed by atoms with Crippen molar-refractivity contribution >= 4 is 17.6 Å². The summed E-state index contributed by atoms with van der Waals surface area (Å²) < 4.78 is 18.3. The van der Waals surface area contributed by atoms with Gasteiger partial charge >= 0.3 is 5.97 Å². The van der Waals surface area contributed by atoms with E-state index in [2.05, 4.69) is 0 Å². The lowest BCUT2D eigenvalue weighted by molar-refractivity contribution is -0.121. The Labute approximate surface area is 128 Å². The minimum absolute atomic E-state index is 0.0817. The van der Waals surface area contributed by atoms with E-state index in [1.807, 2.05) is 6.07 Å². The van der Waals surface area contributed by atoms with E-state index in [9.17, 15) is 14.0 Å². The number of likely N-dealkylation sites (N-methyl/N-ethyl adjacent to an activating group) is 1. The number of amides is 1. The number of carbonyl (C=O) groups excluding carboxylic acids is 2. The maximum atomic E-state index is 13.4. The van der Waals surface area contributed by atoms with E-state index < -0.39 is 18.4 Å². The molecule has 0 aliphatic heterocycles. The van der Waals surface area contributed by atoms with Crippen molar-refractivity contribution in [2.45, 2.75) is 6.92 Å². The van der Waals surface area contributed by atoms with Crippen LogP contribution < -0.4 is 4.90 Å². The summed E-state index contributed by atoms with van der Waals surface area (Å²) in [6, 6.07) is 13.1. The first-order valence-corrected chi connectivity index (χ1v) is 6.74. The number of hydrogen-bond donors (Lipinski definition) is 0. The van der Waals surface area contributed by atoms with Crippen LogP contribution in [0.2, 0.25) is 0 Å². The van der Waals surface area contributed by atoms with E-state index in [4.69, 9.17) is 4.74 Å². The van der Waals surface area contributed by atoms with Crippen LogP contribution in [-0.4, -0.2) is 25.5 Å². The second-order valence-corrected chi connectivity index (χ2v) is 4.83. The summed E-state index contributed by atoms with van der Waals surface area (Å²) in [5, 5.41) is 0. The molecular weight excluding hydrogens is 285 g/mol. The number of nitrogens with zero attached hydrogens (tertiary/aromatic N) is 1. The molecule has 0 bridgehead atoms. The van der Waals surface area contributed by atoms with Gasteiger partial charge in [-0.15, -0.1) is 0 Å². The quantitative estimate of drug-likeness (QED) is 0.816. The lowest BCUT2D eigenvalue weighted by Gasteiger charge is -2.17. The standard InChI is InChI=1S/C17H16FNO3/c1-12-8-9-13(10-15(12)18)17(21)22-11-16(20)19(2)14-6-4-3-5-7-14/h3-10H,11H2,1-2H3. The fourth-order valence-electron chi connectivity index (χ4n) is 1.82. The monoisotopic (exact) mass is 301 g/mol. The minimum Gasteiger partial charge on any atom is -0.452 e. The van der Waals surface area contributed by atoms with Crippen LogP contribution in [0.25, 0.3) is 0 Å². The van der Waals surface area contributed by atoms with E-state index in [1.54, 1.807) is 38.2 Å². The van der Waals surface area contributed by atoms with Gasteiger partial charge in [-0.2, -0.15) is 0 Å². The third-order valence-corrected chi connectivity index (χ3v) is 3.25. The summed E-state index contributed by atoms with van der Waals surface area (Å²) in [6.07, 6.45) is 0. The number of ether oxygens (including phenoxy) is 1. The van der Waals surface area contributed by atoms with Crippen molar-refractivity contribution in [3.63, 3.8) is 0 Å². The number of halogens is 1. The molecule has 114 valence electrons. The molecule has 0 aromatic heterocycles. The predicted octanol–water partition coefficient (Wildman–Crippen LogP) is 2.95. The van der Waals surface area contributed by atoms with Crippen LogP contribution in [-0.2, 0) is 9.53 Å². The number of aryl methyl sites for hydroxylation is 1. The number of benzene rings is 2. The number of carbonyl (C=O) groups is 2. The van der Waals surface area contributed by atoms with E-state index in [-0.39, 0.29) is 11.5 Å². The van der Waals surface area contributed by atoms with Crippen molar-refractivity contribution in [1.29, 1.82) is 0 Å². The van der Waals surface area contributed by atoms with Crippen LogP contribution in [0.15, 0.2) is 48.5 Å². The van der Waals surface area contributed by atoms with Gasteiger partial charge < -0.3 is 9.64 Å². The molecule has 0 unspecified atom stereocenters. The first-order chi connectivity index (χ1) is 10.5. The Morgan fingerprint density at radius 2 is 1.82 bits per heavy atom. The van der Waals surface area contributed by atoms with Gasteiger partial charge in [0.2, 0.25) is 0 Å². The average molecular weight is 301 g/mol. The third kappa shape index (κ3) is 3.69. The lowest BCUT2D eigenvalue weighted by Crippen LogP contribution is -2.31. The first-order valence-electron chi connectivity index (χ1n) is 6.74. The van der Waals surface area contributed by atoms with E-state index in [1.165, 1.54) is 17.0 Å². The maximum Gasteiger partial charge on any atom is 0.338 e. The molecule has 2 aromatic carbocycles. The highest BCUT2D eigenvalue weighted by molar-refractivity contribution is 5.96. The van der Waals surface area contributed by atoms with Crippen LogP contribution in [0.1, 0.15) is 15.9 Å². The van der Waals surface area contributed by atoms with Gasteiger partial charge in [-0.25, -0.2) is 9.18 Å². The molecule has 22 heavy (non-hydrogen) atoms. The number of esters is 1. The lowest BCUT2D eigenvalue weighted by atomic mass is 10.1. The van der Waals surface area contributed by atoms with Gasteiger partial charge in [0, 0.05) is 12.7 Å². The summed E-state index contributed by atoms with van der Waals surface area (Å²) in [6.45, 7) is 1.20. The van der Waals surface area contributed by atoms with Gasteiger partial charge in [0.05, 0.1) is 5.56 Å². The molecule has 1 amide bonds. The number of para-hydroxylation sites is 1. The molecule has 2 rings (SSSR count). The average Bonchev–Trinajstić information content (AvgIpc) is 2.54. The second kappa shape index (κ2) is 6.85. The zero-order valence-corrected chi connectivity index (χ0v) is 12.4. The molecule has 0 spiro atoms. The normalized spacial score (nSPS) is 10.1. The SMILES string of the molecule is Cc1ccc(C(=O)OCC(=O)N(C)c2ccccc2)cc1F. The van der Waals surface area contributed by atoms with Crippen molar-refractivity contribution < 1.29 is 18.7 Å². The van der Waals surface area contributed by atoms with Crippen LogP contribution in [0, 0.1) is 12.7 Å². The molecule has 0 N–H and O–H groups in total.